The molecular weight excluding hydrogens is 160 g/mol. The summed E-state index contributed by atoms with van der Waals surface area (Å²) >= 11 is 0. The third-order valence-electron chi connectivity index (χ3n) is 1.93. The molecule has 0 aliphatic rings. The number of ether oxygens (including phenoxy) is 1. The van der Waals surface area contributed by atoms with Crippen LogP contribution in [0.15, 0.2) is 42.0 Å². The SMILES string of the molecule is CC=C(C)COCc1ccccc1. The lowest BCUT2D eigenvalue weighted by Crippen LogP contribution is -1.95. The molecule has 1 nitrogen and oxygen atoms in total. The van der Waals surface area contributed by atoms with Gasteiger partial charge in [0.05, 0.1) is 13.2 Å². The van der Waals surface area contributed by atoms with Crippen molar-refractivity contribution in [1.29, 1.82) is 0 Å². The molecule has 0 aliphatic heterocycles. The molecule has 70 valence electrons. The van der Waals surface area contributed by atoms with Gasteiger partial charge in [0.15, 0.2) is 0 Å². The molecule has 0 radical (unpaired) electrons. The first-order valence-electron chi connectivity index (χ1n) is 4.56. The van der Waals surface area contributed by atoms with E-state index in [2.05, 4.69) is 25.1 Å². The molecule has 0 saturated carbocycles. The molecule has 0 amide bonds. The predicted molar refractivity (Wildman–Crippen MR) is 55.5 cm³/mol. The van der Waals surface area contributed by atoms with Crippen LogP contribution in [0.2, 0.25) is 0 Å². The van der Waals surface area contributed by atoms with Gasteiger partial charge in [-0.3, -0.25) is 0 Å². The fourth-order valence-electron chi connectivity index (χ4n) is 0.987. The van der Waals surface area contributed by atoms with E-state index in [1.165, 1.54) is 11.1 Å². The summed E-state index contributed by atoms with van der Waals surface area (Å²) in [5, 5.41) is 0. The number of hydrogen-bond donors (Lipinski definition) is 0. The van der Waals surface area contributed by atoms with Crippen LogP contribution in [0.3, 0.4) is 0 Å². The smallest absolute Gasteiger partial charge is 0.0721 e. The number of rotatable bonds is 4. The van der Waals surface area contributed by atoms with Gasteiger partial charge in [-0.2, -0.15) is 0 Å². The molecule has 0 spiro atoms. The highest BCUT2D eigenvalue weighted by Gasteiger charge is 1.91. The number of benzene rings is 1. The lowest BCUT2D eigenvalue weighted by molar-refractivity contribution is 0.142. The zero-order chi connectivity index (χ0) is 9.52. The Morgan fingerprint density at radius 1 is 1.31 bits per heavy atom. The van der Waals surface area contributed by atoms with Crippen molar-refractivity contribution in [1.82, 2.24) is 0 Å². The fourth-order valence-corrected chi connectivity index (χ4v) is 0.987. The highest BCUT2D eigenvalue weighted by atomic mass is 16.5. The first-order chi connectivity index (χ1) is 6.33. The van der Waals surface area contributed by atoms with E-state index in [1.54, 1.807) is 0 Å². The standard InChI is InChI=1S/C12H16O/c1-3-11(2)9-13-10-12-7-5-4-6-8-12/h3-8H,9-10H2,1-2H3. The van der Waals surface area contributed by atoms with Gasteiger partial charge in [-0.25, -0.2) is 0 Å². The monoisotopic (exact) mass is 176 g/mol. The minimum atomic E-state index is 0.700. The highest BCUT2D eigenvalue weighted by molar-refractivity contribution is 5.13. The van der Waals surface area contributed by atoms with Crippen molar-refractivity contribution in [2.24, 2.45) is 0 Å². The van der Waals surface area contributed by atoms with Crippen LogP contribution in [0.1, 0.15) is 19.4 Å². The Kier molecular flexibility index (Phi) is 4.27. The van der Waals surface area contributed by atoms with Gasteiger partial charge in [0, 0.05) is 0 Å². The van der Waals surface area contributed by atoms with Crippen molar-refractivity contribution in [3.8, 4) is 0 Å². The third kappa shape index (κ3) is 3.90. The molecule has 1 rings (SSSR count). The molecule has 0 heterocycles. The van der Waals surface area contributed by atoms with E-state index in [-0.39, 0.29) is 0 Å². The molecule has 0 N–H and O–H groups in total. The zero-order valence-electron chi connectivity index (χ0n) is 8.29. The van der Waals surface area contributed by atoms with E-state index < -0.39 is 0 Å². The second-order valence-corrected chi connectivity index (χ2v) is 3.11. The molecule has 0 atom stereocenters. The van der Waals surface area contributed by atoms with Gasteiger partial charge in [-0.05, 0) is 19.4 Å². The molecule has 0 aliphatic carbocycles. The molecule has 0 unspecified atom stereocenters. The summed E-state index contributed by atoms with van der Waals surface area (Å²) in [4.78, 5) is 0. The van der Waals surface area contributed by atoms with Crippen molar-refractivity contribution in [3.05, 3.63) is 47.5 Å². The zero-order valence-corrected chi connectivity index (χ0v) is 8.29. The van der Waals surface area contributed by atoms with E-state index in [0.29, 0.717) is 6.61 Å². The number of allylic oxidation sites excluding steroid dienone is 1. The second-order valence-electron chi connectivity index (χ2n) is 3.11. The summed E-state index contributed by atoms with van der Waals surface area (Å²) in [6.07, 6.45) is 2.07. The van der Waals surface area contributed by atoms with Crippen molar-refractivity contribution in [2.45, 2.75) is 20.5 Å². The Morgan fingerprint density at radius 2 is 2.00 bits per heavy atom. The van der Waals surface area contributed by atoms with E-state index in [9.17, 15) is 0 Å². The van der Waals surface area contributed by atoms with Gasteiger partial charge >= 0.3 is 0 Å². The van der Waals surface area contributed by atoms with Gasteiger partial charge in [0.2, 0.25) is 0 Å². The van der Waals surface area contributed by atoms with Crippen LogP contribution < -0.4 is 0 Å². The van der Waals surface area contributed by atoms with E-state index in [1.807, 2.05) is 25.1 Å². The maximum absolute atomic E-state index is 5.50. The summed E-state index contributed by atoms with van der Waals surface area (Å²) in [5.41, 5.74) is 2.50. The topological polar surface area (TPSA) is 9.23 Å². The summed E-state index contributed by atoms with van der Waals surface area (Å²) < 4.78 is 5.50. The summed E-state index contributed by atoms with van der Waals surface area (Å²) in [6.45, 7) is 5.53. The average molecular weight is 176 g/mol. The minimum Gasteiger partial charge on any atom is -0.372 e. The van der Waals surface area contributed by atoms with Crippen molar-refractivity contribution < 1.29 is 4.74 Å². The molecule has 0 saturated heterocycles. The van der Waals surface area contributed by atoms with Gasteiger partial charge in [-0.1, -0.05) is 42.0 Å². The molecule has 1 aromatic carbocycles. The predicted octanol–water partition coefficient (Wildman–Crippen LogP) is 3.17. The average Bonchev–Trinajstić information content (AvgIpc) is 2.19. The Bertz CT molecular complexity index is 262. The Morgan fingerprint density at radius 3 is 2.62 bits per heavy atom. The molecule has 0 bridgehead atoms. The van der Waals surface area contributed by atoms with E-state index in [4.69, 9.17) is 4.74 Å². The molecule has 1 aromatic rings. The van der Waals surface area contributed by atoms with Crippen LogP contribution >= 0.6 is 0 Å². The normalized spacial score (nSPS) is 11.7. The molecule has 0 aromatic heterocycles. The summed E-state index contributed by atoms with van der Waals surface area (Å²) in [5.74, 6) is 0. The molecule has 13 heavy (non-hydrogen) atoms. The van der Waals surface area contributed by atoms with Crippen LogP contribution in [0.25, 0.3) is 0 Å². The molecular formula is C12H16O. The van der Waals surface area contributed by atoms with Crippen molar-refractivity contribution in [2.75, 3.05) is 6.61 Å². The summed E-state index contributed by atoms with van der Waals surface area (Å²) in [6, 6.07) is 10.2. The maximum atomic E-state index is 5.50. The Balaban J connectivity index is 2.28. The fraction of sp³-hybridized carbons (Fsp3) is 0.333. The van der Waals surface area contributed by atoms with Gasteiger partial charge in [0.1, 0.15) is 0 Å². The van der Waals surface area contributed by atoms with E-state index in [0.717, 1.165) is 6.61 Å². The van der Waals surface area contributed by atoms with Gasteiger partial charge < -0.3 is 4.74 Å². The van der Waals surface area contributed by atoms with Crippen LogP contribution in [-0.4, -0.2) is 6.61 Å². The van der Waals surface area contributed by atoms with Crippen LogP contribution in [0.5, 0.6) is 0 Å². The third-order valence-corrected chi connectivity index (χ3v) is 1.93. The quantitative estimate of drug-likeness (QED) is 0.640. The number of hydrogen-bond acceptors (Lipinski definition) is 1. The highest BCUT2D eigenvalue weighted by Crippen LogP contribution is 2.02. The maximum Gasteiger partial charge on any atom is 0.0721 e. The van der Waals surface area contributed by atoms with Crippen LogP contribution in [0, 0.1) is 0 Å². The molecule has 0 fully saturated rings. The summed E-state index contributed by atoms with van der Waals surface area (Å²) in [7, 11) is 0. The van der Waals surface area contributed by atoms with Gasteiger partial charge in [-0.15, -0.1) is 0 Å². The van der Waals surface area contributed by atoms with Crippen LogP contribution in [0.4, 0.5) is 0 Å². The van der Waals surface area contributed by atoms with Gasteiger partial charge in [0.25, 0.3) is 0 Å². The lowest BCUT2D eigenvalue weighted by Gasteiger charge is -2.03. The minimum absolute atomic E-state index is 0.700. The lowest BCUT2D eigenvalue weighted by atomic mass is 10.2. The molecule has 1 heteroatoms. The first-order valence-corrected chi connectivity index (χ1v) is 4.56. The van der Waals surface area contributed by atoms with Crippen molar-refractivity contribution in [3.63, 3.8) is 0 Å². The first kappa shape index (κ1) is 10.0. The Hall–Kier alpha value is -1.08. The van der Waals surface area contributed by atoms with Crippen molar-refractivity contribution >= 4 is 0 Å². The largest absolute Gasteiger partial charge is 0.372 e. The van der Waals surface area contributed by atoms with E-state index >= 15 is 0 Å². The Labute approximate surface area is 80.0 Å². The second kappa shape index (κ2) is 5.55. The van der Waals surface area contributed by atoms with Crippen LogP contribution in [-0.2, 0) is 11.3 Å².